The second kappa shape index (κ2) is 6.10. The molecule has 2 saturated carbocycles. The predicted octanol–water partition coefficient (Wildman–Crippen LogP) is 7.11. The summed E-state index contributed by atoms with van der Waals surface area (Å²) in [5.41, 5.74) is 4.96. The van der Waals surface area contributed by atoms with Crippen LogP contribution in [0.25, 0.3) is 10.8 Å². The summed E-state index contributed by atoms with van der Waals surface area (Å²) < 4.78 is 7.34. The van der Waals surface area contributed by atoms with E-state index < -0.39 is 0 Å². The van der Waals surface area contributed by atoms with Gasteiger partial charge >= 0.3 is 0 Å². The van der Waals surface area contributed by atoms with Gasteiger partial charge in [0.1, 0.15) is 0 Å². The van der Waals surface area contributed by atoms with Crippen molar-refractivity contribution in [1.29, 1.82) is 0 Å². The minimum atomic E-state index is -0.0271. The van der Waals surface area contributed by atoms with E-state index in [9.17, 15) is 0 Å². The van der Waals surface area contributed by atoms with Crippen LogP contribution < -0.4 is 0 Å². The maximum Gasteiger partial charge on any atom is 0.0974 e. The number of pyridine rings is 1. The predicted molar refractivity (Wildman–Crippen MR) is 125 cm³/mol. The second-order valence-electron chi connectivity index (χ2n) is 11.5. The molecule has 31 heavy (non-hydrogen) atoms. The second-order valence-corrected chi connectivity index (χ2v) is 11.5. The normalized spacial score (nSPS) is 43.1. The number of benzene rings is 1. The number of hydrogen-bond donors (Lipinski definition) is 0. The van der Waals surface area contributed by atoms with Crippen LogP contribution in [0, 0.1) is 17.3 Å². The van der Waals surface area contributed by atoms with E-state index in [1.54, 1.807) is 5.57 Å². The van der Waals surface area contributed by atoms with Crippen LogP contribution in [0.2, 0.25) is 0 Å². The molecule has 160 valence electrons. The summed E-state index contributed by atoms with van der Waals surface area (Å²) in [5, 5.41) is 2.56. The first-order valence-electron chi connectivity index (χ1n) is 12.5. The van der Waals surface area contributed by atoms with Gasteiger partial charge in [-0.25, -0.2) is 0 Å². The van der Waals surface area contributed by atoms with Gasteiger partial charge in [0.25, 0.3) is 0 Å². The lowest BCUT2D eigenvalue weighted by Crippen LogP contribution is -2.53. The molecule has 0 radical (unpaired) electrons. The zero-order valence-electron chi connectivity index (χ0n) is 18.9. The highest BCUT2D eigenvalue weighted by atomic mass is 16.5. The Morgan fingerprint density at radius 2 is 2.00 bits per heavy atom. The molecule has 3 fully saturated rings. The monoisotopic (exact) mass is 411 g/mol. The number of fused-ring (bicyclic) bond motifs is 2. The van der Waals surface area contributed by atoms with E-state index in [1.807, 2.05) is 12.4 Å². The summed E-state index contributed by atoms with van der Waals surface area (Å²) in [6, 6.07) is 9.22. The van der Waals surface area contributed by atoms with Crippen molar-refractivity contribution >= 4 is 10.8 Å². The highest BCUT2D eigenvalue weighted by molar-refractivity contribution is 5.82. The molecule has 0 N–H and O–H groups in total. The highest BCUT2D eigenvalue weighted by Crippen LogP contribution is 2.69. The first-order chi connectivity index (χ1) is 15.0. The standard InChI is InChI=1S/C29H33NO/c1-19-3-6-23-16-24-9-11-27(2)25(21-5-4-20-10-14-30-18-22(20)15-21)7-8-26(27)29(24)13-12-28(23,17-19)31-29/h4-5,9-10,14-16,18-19,25-26H,3,6-8,11-13,17H2,1-2H3/t19-,25-,26-,27-,28-,29-/m1/s1. The summed E-state index contributed by atoms with van der Waals surface area (Å²) >= 11 is 0. The van der Waals surface area contributed by atoms with E-state index in [1.165, 1.54) is 73.3 Å². The van der Waals surface area contributed by atoms with Crippen LogP contribution in [0.4, 0.5) is 0 Å². The van der Waals surface area contributed by atoms with E-state index in [0.29, 0.717) is 11.8 Å². The molecular formula is C29H33NO. The lowest BCUT2D eigenvalue weighted by Gasteiger charge is -2.54. The molecule has 3 heterocycles. The smallest absolute Gasteiger partial charge is 0.0974 e. The zero-order valence-corrected chi connectivity index (χ0v) is 18.9. The molecule has 2 bridgehead atoms. The Hall–Kier alpha value is -1.93. The average Bonchev–Trinajstić information content (AvgIpc) is 3.28. The van der Waals surface area contributed by atoms with Gasteiger partial charge in [-0.15, -0.1) is 0 Å². The van der Waals surface area contributed by atoms with Crippen molar-refractivity contribution in [2.24, 2.45) is 17.3 Å². The third kappa shape index (κ3) is 2.35. The Balaban J connectivity index is 1.31. The van der Waals surface area contributed by atoms with E-state index in [4.69, 9.17) is 4.74 Å². The van der Waals surface area contributed by atoms with Gasteiger partial charge in [0.15, 0.2) is 0 Å². The average molecular weight is 412 g/mol. The van der Waals surface area contributed by atoms with Crippen molar-refractivity contribution in [3.05, 3.63) is 65.5 Å². The molecule has 6 atom stereocenters. The molecule has 2 aliphatic heterocycles. The van der Waals surface area contributed by atoms with Crippen LogP contribution in [-0.2, 0) is 4.74 Å². The van der Waals surface area contributed by atoms with E-state index in [2.05, 4.69) is 55.2 Å². The molecule has 1 aromatic carbocycles. The molecule has 1 aromatic heterocycles. The molecule has 1 saturated heterocycles. The van der Waals surface area contributed by atoms with Crippen LogP contribution >= 0.6 is 0 Å². The summed E-state index contributed by atoms with van der Waals surface area (Å²) in [5.74, 6) is 2.02. The molecule has 7 rings (SSSR count). The number of hydrogen-bond acceptors (Lipinski definition) is 2. The third-order valence-corrected chi connectivity index (χ3v) is 9.99. The van der Waals surface area contributed by atoms with Crippen LogP contribution in [0.15, 0.2) is 60.0 Å². The molecule has 2 aromatic rings. The first kappa shape index (κ1) is 18.6. The summed E-state index contributed by atoms with van der Waals surface area (Å²) in [4.78, 5) is 4.37. The van der Waals surface area contributed by atoms with Gasteiger partial charge in [-0.05, 0) is 109 Å². The minimum Gasteiger partial charge on any atom is -0.359 e. The van der Waals surface area contributed by atoms with Crippen molar-refractivity contribution in [1.82, 2.24) is 4.98 Å². The van der Waals surface area contributed by atoms with Crippen LogP contribution in [0.5, 0.6) is 0 Å². The fourth-order valence-electron chi connectivity index (χ4n) is 8.51. The molecule has 5 aliphatic rings. The van der Waals surface area contributed by atoms with Crippen LogP contribution in [0.3, 0.4) is 0 Å². The van der Waals surface area contributed by atoms with Gasteiger partial charge in [0.2, 0.25) is 0 Å². The Morgan fingerprint density at radius 3 is 2.94 bits per heavy atom. The Bertz CT molecular complexity index is 1150. The first-order valence-corrected chi connectivity index (χ1v) is 12.5. The van der Waals surface area contributed by atoms with Crippen molar-refractivity contribution < 1.29 is 4.74 Å². The van der Waals surface area contributed by atoms with Gasteiger partial charge in [-0.3, -0.25) is 4.98 Å². The van der Waals surface area contributed by atoms with Crippen LogP contribution in [0.1, 0.15) is 76.7 Å². The van der Waals surface area contributed by atoms with Gasteiger partial charge in [-0.2, -0.15) is 0 Å². The molecular weight excluding hydrogens is 378 g/mol. The minimum absolute atomic E-state index is 0.0271. The van der Waals surface area contributed by atoms with E-state index in [-0.39, 0.29) is 16.6 Å². The SMILES string of the molecule is C[C@@H]1CCC2=CC3=CC[C@]4(C)[C@@H](c5ccc6ccncc6c5)CC[C@H]4[C@@]34CC[C@]2(C1)O4. The highest BCUT2D eigenvalue weighted by Gasteiger charge is 2.66. The van der Waals surface area contributed by atoms with Crippen LogP contribution in [-0.4, -0.2) is 16.2 Å². The largest absolute Gasteiger partial charge is 0.359 e. The molecule has 2 nitrogen and oxygen atoms in total. The zero-order chi connectivity index (χ0) is 20.8. The van der Waals surface area contributed by atoms with Crippen molar-refractivity contribution in [2.45, 2.75) is 82.3 Å². The van der Waals surface area contributed by atoms with Gasteiger partial charge in [0.05, 0.1) is 11.2 Å². The number of ether oxygens (including phenoxy) is 1. The quantitative estimate of drug-likeness (QED) is 0.499. The van der Waals surface area contributed by atoms with E-state index >= 15 is 0 Å². The number of aromatic nitrogens is 1. The number of rotatable bonds is 1. The maximum absolute atomic E-state index is 7.34. The number of allylic oxidation sites excluding steroid dienone is 1. The lowest BCUT2D eigenvalue weighted by molar-refractivity contribution is -0.138. The fourth-order valence-corrected chi connectivity index (χ4v) is 8.51. The molecule has 3 aliphatic carbocycles. The van der Waals surface area contributed by atoms with Crippen molar-refractivity contribution in [2.75, 3.05) is 0 Å². The molecule has 2 spiro atoms. The summed E-state index contributed by atoms with van der Waals surface area (Å²) in [7, 11) is 0. The van der Waals surface area contributed by atoms with Gasteiger partial charge in [-0.1, -0.05) is 38.1 Å². The Kier molecular flexibility index (Phi) is 3.66. The maximum atomic E-state index is 7.34. The van der Waals surface area contributed by atoms with Gasteiger partial charge in [0, 0.05) is 17.8 Å². The molecule has 0 unspecified atom stereocenters. The fraction of sp³-hybridized carbons (Fsp3) is 0.552. The third-order valence-electron chi connectivity index (χ3n) is 9.99. The van der Waals surface area contributed by atoms with E-state index in [0.717, 1.165) is 5.92 Å². The number of nitrogens with zero attached hydrogens (tertiary/aromatic N) is 1. The summed E-state index contributed by atoms with van der Waals surface area (Å²) in [6.45, 7) is 5.00. The molecule has 2 heteroatoms. The summed E-state index contributed by atoms with van der Waals surface area (Å²) in [6.07, 6.45) is 19.1. The Morgan fingerprint density at radius 1 is 1.06 bits per heavy atom. The van der Waals surface area contributed by atoms with Crippen molar-refractivity contribution in [3.63, 3.8) is 0 Å². The molecule has 0 amide bonds. The topological polar surface area (TPSA) is 22.1 Å². The van der Waals surface area contributed by atoms with Gasteiger partial charge < -0.3 is 4.74 Å². The van der Waals surface area contributed by atoms with Crippen molar-refractivity contribution in [3.8, 4) is 0 Å². The Labute approximate surface area is 185 Å². The lowest BCUT2D eigenvalue weighted by atomic mass is 9.58.